The van der Waals surface area contributed by atoms with E-state index in [2.05, 4.69) is 15.5 Å². The molecular weight excluding hydrogens is 398 g/mol. The molecule has 2 aliphatic rings. The zero-order valence-corrected chi connectivity index (χ0v) is 16.7. The van der Waals surface area contributed by atoms with Crippen molar-refractivity contribution in [3.05, 3.63) is 76.9 Å². The van der Waals surface area contributed by atoms with Crippen LogP contribution in [0.15, 0.2) is 53.1 Å². The van der Waals surface area contributed by atoms with Gasteiger partial charge in [0.2, 0.25) is 11.8 Å². The van der Waals surface area contributed by atoms with Gasteiger partial charge in [-0.25, -0.2) is 0 Å². The molecule has 9 nitrogen and oxygen atoms in total. The summed E-state index contributed by atoms with van der Waals surface area (Å²) in [5.41, 5.74) is 2.20. The summed E-state index contributed by atoms with van der Waals surface area (Å²) in [6, 6.07) is 14.2. The summed E-state index contributed by atoms with van der Waals surface area (Å²) in [7, 11) is 0. The Kier molecular flexibility index (Phi) is 4.50. The first kappa shape index (κ1) is 19.0. The fourth-order valence-electron chi connectivity index (χ4n) is 4.09. The number of hydrogen-bond acceptors (Lipinski definition) is 6. The quantitative estimate of drug-likeness (QED) is 0.679. The molecule has 1 aromatic heterocycles. The van der Waals surface area contributed by atoms with Gasteiger partial charge in [0.15, 0.2) is 5.82 Å². The molecule has 2 aliphatic heterocycles. The van der Waals surface area contributed by atoms with E-state index in [1.807, 2.05) is 12.1 Å². The van der Waals surface area contributed by atoms with Crippen molar-refractivity contribution < 1.29 is 18.9 Å². The van der Waals surface area contributed by atoms with Crippen molar-refractivity contribution in [3.63, 3.8) is 0 Å². The first-order chi connectivity index (χ1) is 15.0. The molecule has 31 heavy (non-hydrogen) atoms. The Hall–Kier alpha value is -4.01. The molecule has 3 heterocycles. The van der Waals surface area contributed by atoms with Gasteiger partial charge in [0, 0.05) is 24.1 Å². The fraction of sp³-hybridized carbons (Fsp3) is 0.227. The second-order valence-corrected chi connectivity index (χ2v) is 7.42. The van der Waals surface area contributed by atoms with E-state index in [9.17, 15) is 14.4 Å². The van der Waals surface area contributed by atoms with Crippen molar-refractivity contribution in [1.82, 2.24) is 20.4 Å². The van der Waals surface area contributed by atoms with Crippen LogP contribution in [-0.2, 0) is 11.2 Å². The molecule has 0 radical (unpaired) electrons. The minimum atomic E-state index is -0.657. The summed E-state index contributed by atoms with van der Waals surface area (Å²) < 4.78 is 5.04. The molecule has 1 N–H and O–H groups in total. The van der Waals surface area contributed by atoms with Crippen molar-refractivity contribution in [3.8, 4) is 0 Å². The number of aromatic nitrogens is 2. The maximum atomic E-state index is 13.3. The molecule has 0 bridgehead atoms. The molecule has 3 amide bonds. The summed E-state index contributed by atoms with van der Waals surface area (Å²) in [6.45, 7) is 1.83. The Morgan fingerprint density at radius 2 is 1.81 bits per heavy atom. The van der Waals surface area contributed by atoms with Gasteiger partial charge in [-0.05, 0) is 25.1 Å². The Morgan fingerprint density at radius 1 is 1.06 bits per heavy atom. The molecule has 9 heteroatoms. The van der Waals surface area contributed by atoms with E-state index in [-0.39, 0.29) is 24.3 Å². The summed E-state index contributed by atoms with van der Waals surface area (Å²) in [5.74, 6) is 0.160. The predicted octanol–water partition coefficient (Wildman–Crippen LogP) is 1.85. The van der Waals surface area contributed by atoms with Crippen molar-refractivity contribution in [2.45, 2.75) is 19.5 Å². The van der Waals surface area contributed by atoms with Gasteiger partial charge in [-0.15, -0.1) is 0 Å². The van der Waals surface area contributed by atoms with E-state index in [1.54, 1.807) is 48.2 Å². The van der Waals surface area contributed by atoms with E-state index in [4.69, 9.17) is 4.52 Å². The molecule has 0 saturated heterocycles. The van der Waals surface area contributed by atoms with E-state index < -0.39 is 6.17 Å². The van der Waals surface area contributed by atoms with Crippen molar-refractivity contribution in [2.24, 2.45) is 0 Å². The predicted molar refractivity (Wildman–Crippen MR) is 109 cm³/mol. The largest absolute Gasteiger partial charge is 0.354 e. The summed E-state index contributed by atoms with van der Waals surface area (Å²) in [5, 5.41) is 6.50. The highest BCUT2D eigenvalue weighted by Gasteiger charge is 2.47. The Morgan fingerprint density at radius 3 is 2.58 bits per heavy atom. The highest BCUT2D eigenvalue weighted by Crippen LogP contribution is 2.44. The number of para-hydroxylation sites is 1. The molecule has 3 aromatic rings. The molecule has 0 spiro atoms. The Bertz CT molecular complexity index is 1200. The summed E-state index contributed by atoms with van der Waals surface area (Å²) in [4.78, 5) is 46.2. The number of rotatable bonds is 5. The third-order valence-corrected chi connectivity index (χ3v) is 5.43. The second kappa shape index (κ2) is 7.35. The Labute approximate surface area is 177 Å². The van der Waals surface area contributed by atoms with Crippen LogP contribution in [0.25, 0.3) is 0 Å². The van der Waals surface area contributed by atoms with Crippen LogP contribution in [0.4, 0.5) is 5.69 Å². The molecule has 156 valence electrons. The highest BCUT2D eigenvalue weighted by atomic mass is 16.5. The number of carbonyl (C=O) groups excluding carboxylic acids is 3. The van der Waals surface area contributed by atoms with E-state index in [0.29, 0.717) is 47.1 Å². The van der Waals surface area contributed by atoms with Crippen LogP contribution in [0.1, 0.15) is 44.2 Å². The number of fused-ring (bicyclic) bond motifs is 5. The maximum absolute atomic E-state index is 13.3. The molecule has 0 aliphatic carbocycles. The topological polar surface area (TPSA) is 109 Å². The lowest BCUT2D eigenvalue weighted by Crippen LogP contribution is -2.51. The normalized spacial score (nSPS) is 16.7. The first-order valence-electron chi connectivity index (χ1n) is 9.93. The van der Waals surface area contributed by atoms with Crippen LogP contribution in [0.3, 0.4) is 0 Å². The molecular formula is C22H19N5O4. The van der Waals surface area contributed by atoms with Gasteiger partial charge < -0.3 is 14.7 Å². The summed E-state index contributed by atoms with van der Waals surface area (Å²) in [6.07, 6.45) is -0.268. The minimum absolute atomic E-state index is 0.182. The van der Waals surface area contributed by atoms with Crippen LogP contribution in [0.2, 0.25) is 0 Å². The molecule has 0 fully saturated rings. The number of nitrogens with one attached hydrogen (secondary N) is 1. The molecule has 0 saturated carbocycles. The smallest absolute Gasteiger partial charge is 0.260 e. The van der Waals surface area contributed by atoms with Crippen LogP contribution >= 0.6 is 0 Å². The monoisotopic (exact) mass is 417 g/mol. The van der Waals surface area contributed by atoms with Gasteiger partial charge in [-0.2, -0.15) is 4.98 Å². The number of amides is 3. The maximum Gasteiger partial charge on any atom is 0.260 e. The average Bonchev–Trinajstić information content (AvgIpc) is 3.32. The van der Waals surface area contributed by atoms with Crippen LogP contribution in [0, 0.1) is 6.92 Å². The molecule has 1 atom stereocenters. The molecule has 0 unspecified atom stereocenters. The zero-order chi connectivity index (χ0) is 21.5. The third kappa shape index (κ3) is 3.14. The number of nitrogens with zero attached hydrogens (tertiary/aromatic N) is 4. The van der Waals surface area contributed by atoms with E-state index in [0.717, 1.165) is 0 Å². The number of aryl methyl sites for hydroxylation is 1. The number of anilines is 1. The number of carbonyl (C=O) groups is 3. The van der Waals surface area contributed by atoms with Crippen molar-refractivity contribution >= 4 is 23.4 Å². The first-order valence-corrected chi connectivity index (χ1v) is 9.93. The van der Waals surface area contributed by atoms with Gasteiger partial charge in [0.25, 0.3) is 11.8 Å². The average molecular weight is 417 g/mol. The van der Waals surface area contributed by atoms with Gasteiger partial charge in [-0.3, -0.25) is 19.3 Å². The van der Waals surface area contributed by atoms with Crippen molar-refractivity contribution in [2.75, 3.05) is 18.0 Å². The van der Waals surface area contributed by atoms with Gasteiger partial charge in [-0.1, -0.05) is 35.5 Å². The lowest BCUT2D eigenvalue weighted by molar-refractivity contribution is -0.122. The van der Waals surface area contributed by atoms with Gasteiger partial charge in [0.1, 0.15) is 12.7 Å². The van der Waals surface area contributed by atoms with Gasteiger partial charge in [0.05, 0.1) is 11.3 Å². The lowest BCUT2D eigenvalue weighted by Gasteiger charge is -2.40. The van der Waals surface area contributed by atoms with E-state index in [1.165, 1.54) is 4.90 Å². The van der Waals surface area contributed by atoms with E-state index >= 15 is 0 Å². The van der Waals surface area contributed by atoms with Crippen LogP contribution in [-0.4, -0.2) is 45.9 Å². The molecule has 2 aromatic carbocycles. The Balaban J connectivity index is 1.40. The third-order valence-electron chi connectivity index (χ3n) is 5.43. The fourth-order valence-corrected chi connectivity index (χ4v) is 4.09. The second-order valence-electron chi connectivity index (χ2n) is 7.42. The zero-order valence-electron chi connectivity index (χ0n) is 16.7. The van der Waals surface area contributed by atoms with Crippen LogP contribution < -0.4 is 10.2 Å². The highest BCUT2D eigenvalue weighted by molar-refractivity contribution is 6.17. The lowest BCUT2D eigenvalue weighted by atomic mass is 10.0. The van der Waals surface area contributed by atoms with Crippen molar-refractivity contribution in [1.29, 1.82) is 0 Å². The van der Waals surface area contributed by atoms with Gasteiger partial charge >= 0.3 is 0 Å². The summed E-state index contributed by atoms with van der Waals surface area (Å²) >= 11 is 0. The number of benzene rings is 2. The van der Waals surface area contributed by atoms with Crippen LogP contribution in [0.5, 0.6) is 0 Å². The standard InChI is InChI=1S/C22H19N5O4/c1-13-24-19(31-25-13)10-11-23-18(28)12-26-20-14-6-2-3-7-15(14)22(30)27(20)17-9-5-4-8-16(17)21(26)29/h2-9,20H,10-12H2,1H3,(H,23,28)/t20-/m0/s1. The minimum Gasteiger partial charge on any atom is -0.354 e. The molecule has 5 rings (SSSR count). The number of hydrogen-bond donors (Lipinski definition) is 1. The SMILES string of the molecule is Cc1noc(CCNC(=O)CN2C(=O)c3ccccc3N3C(=O)c4ccccc4[C@@H]23)n1.